The quantitative estimate of drug-likeness (QED) is 0.581. The highest BCUT2D eigenvalue weighted by Gasteiger charge is 2.20. The summed E-state index contributed by atoms with van der Waals surface area (Å²) in [5.41, 5.74) is 9.27. The number of nitrogen functional groups attached to an aromatic ring is 1. The molecule has 2 N–H and O–H groups in total. The smallest absolute Gasteiger partial charge is 0.282 e. The van der Waals surface area contributed by atoms with Crippen molar-refractivity contribution in [2.75, 3.05) is 12.3 Å². The van der Waals surface area contributed by atoms with Gasteiger partial charge in [-0.15, -0.1) is 5.10 Å². The number of nitrogens with zero attached hydrogens (tertiary/aromatic N) is 5. The molecule has 2 aromatic carbocycles. The molecule has 4 aromatic rings. The van der Waals surface area contributed by atoms with E-state index >= 15 is 0 Å². The summed E-state index contributed by atoms with van der Waals surface area (Å²) in [6, 6.07) is 15.2. The van der Waals surface area contributed by atoms with Gasteiger partial charge in [0.2, 0.25) is 5.82 Å². The van der Waals surface area contributed by atoms with Gasteiger partial charge in [-0.2, -0.15) is 9.67 Å². The summed E-state index contributed by atoms with van der Waals surface area (Å²) in [6.45, 7) is 4.53. The summed E-state index contributed by atoms with van der Waals surface area (Å²) < 4.78 is 12.3. The molecule has 27 heavy (non-hydrogen) atoms. The van der Waals surface area contributed by atoms with E-state index in [-0.39, 0.29) is 5.89 Å². The molecule has 0 radical (unpaired) electrons. The Morgan fingerprint density at radius 3 is 2.63 bits per heavy atom. The van der Waals surface area contributed by atoms with Crippen molar-refractivity contribution < 1.29 is 9.26 Å². The minimum Gasteiger partial charge on any atom is -0.494 e. The van der Waals surface area contributed by atoms with E-state index in [2.05, 4.69) is 20.5 Å². The molecule has 8 heteroatoms. The normalized spacial score (nSPS) is 10.9. The number of ether oxygens (including phenoxy) is 1. The van der Waals surface area contributed by atoms with Crippen molar-refractivity contribution in [3.8, 4) is 34.4 Å². The lowest BCUT2D eigenvalue weighted by Gasteiger charge is -2.05. The fourth-order valence-corrected chi connectivity index (χ4v) is 2.74. The minimum atomic E-state index is 0.225. The van der Waals surface area contributed by atoms with Gasteiger partial charge < -0.3 is 15.0 Å². The second kappa shape index (κ2) is 6.91. The number of nitrogens with two attached hydrogens (primary N) is 1. The van der Waals surface area contributed by atoms with Gasteiger partial charge in [-0.3, -0.25) is 0 Å². The Bertz CT molecular complexity index is 1070. The van der Waals surface area contributed by atoms with Crippen molar-refractivity contribution in [1.82, 2.24) is 25.1 Å². The van der Waals surface area contributed by atoms with Crippen LogP contribution in [-0.4, -0.2) is 31.7 Å². The average Bonchev–Trinajstić information content (AvgIpc) is 3.30. The van der Waals surface area contributed by atoms with Crippen LogP contribution in [0.5, 0.6) is 5.75 Å². The van der Waals surface area contributed by atoms with Crippen LogP contribution in [0.4, 0.5) is 5.82 Å². The highest BCUT2D eigenvalue weighted by Crippen LogP contribution is 2.27. The zero-order valence-corrected chi connectivity index (χ0v) is 15.0. The Labute approximate surface area is 155 Å². The van der Waals surface area contributed by atoms with E-state index in [9.17, 15) is 0 Å². The first-order chi connectivity index (χ1) is 13.2. The second-order valence-electron chi connectivity index (χ2n) is 5.90. The first-order valence-electron chi connectivity index (χ1n) is 8.52. The van der Waals surface area contributed by atoms with Gasteiger partial charge in [0.1, 0.15) is 5.75 Å². The van der Waals surface area contributed by atoms with Crippen molar-refractivity contribution in [2.24, 2.45) is 0 Å². The molecule has 4 rings (SSSR count). The molecule has 0 bridgehead atoms. The summed E-state index contributed by atoms with van der Waals surface area (Å²) >= 11 is 0. The molecule has 0 saturated carbocycles. The molecule has 0 atom stereocenters. The van der Waals surface area contributed by atoms with Gasteiger partial charge in [-0.05, 0) is 43.7 Å². The number of benzene rings is 2. The van der Waals surface area contributed by atoms with Crippen LogP contribution in [0.2, 0.25) is 0 Å². The summed E-state index contributed by atoms with van der Waals surface area (Å²) in [5, 5.41) is 12.3. The van der Waals surface area contributed by atoms with Gasteiger partial charge in [0.25, 0.3) is 5.89 Å². The van der Waals surface area contributed by atoms with Crippen LogP contribution in [0, 0.1) is 6.92 Å². The second-order valence-corrected chi connectivity index (χ2v) is 5.90. The number of rotatable bonds is 5. The molecule has 0 spiro atoms. The molecular weight excluding hydrogens is 344 g/mol. The largest absolute Gasteiger partial charge is 0.494 e. The highest BCUT2D eigenvalue weighted by molar-refractivity contribution is 5.67. The maximum Gasteiger partial charge on any atom is 0.282 e. The molecule has 136 valence electrons. The van der Waals surface area contributed by atoms with Gasteiger partial charge in [0.15, 0.2) is 11.5 Å². The maximum absolute atomic E-state index is 6.22. The van der Waals surface area contributed by atoms with Crippen molar-refractivity contribution >= 4 is 5.82 Å². The Balaban J connectivity index is 1.66. The summed E-state index contributed by atoms with van der Waals surface area (Å²) in [4.78, 5) is 4.42. The summed E-state index contributed by atoms with van der Waals surface area (Å²) in [6.07, 6.45) is 0. The third-order valence-electron chi connectivity index (χ3n) is 4.11. The molecular formula is C19H18N6O2. The van der Waals surface area contributed by atoms with E-state index in [0.29, 0.717) is 23.9 Å². The van der Waals surface area contributed by atoms with Crippen molar-refractivity contribution in [3.05, 3.63) is 54.1 Å². The van der Waals surface area contributed by atoms with Gasteiger partial charge in [0, 0.05) is 5.56 Å². The third kappa shape index (κ3) is 3.12. The molecule has 0 saturated heterocycles. The molecule has 0 aliphatic rings. The van der Waals surface area contributed by atoms with Gasteiger partial charge in [-0.25, -0.2) is 0 Å². The zero-order chi connectivity index (χ0) is 18.8. The van der Waals surface area contributed by atoms with Crippen LogP contribution in [0.15, 0.2) is 53.1 Å². The molecule has 8 nitrogen and oxygen atoms in total. The van der Waals surface area contributed by atoms with Crippen molar-refractivity contribution in [3.63, 3.8) is 0 Å². The molecule has 2 aromatic heterocycles. The third-order valence-corrected chi connectivity index (χ3v) is 4.11. The van der Waals surface area contributed by atoms with Gasteiger partial charge >= 0.3 is 0 Å². The van der Waals surface area contributed by atoms with E-state index in [1.165, 1.54) is 4.68 Å². The lowest BCUT2D eigenvalue weighted by atomic mass is 10.1. The Morgan fingerprint density at radius 2 is 1.89 bits per heavy atom. The van der Waals surface area contributed by atoms with Crippen molar-refractivity contribution in [2.45, 2.75) is 13.8 Å². The molecule has 0 fully saturated rings. The van der Waals surface area contributed by atoms with E-state index in [0.717, 1.165) is 22.6 Å². The fraction of sp³-hybridized carbons (Fsp3) is 0.158. The Morgan fingerprint density at radius 1 is 1.11 bits per heavy atom. The van der Waals surface area contributed by atoms with E-state index in [1.54, 1.807) is 0 Å². The number of aromatic nitrogens is 5. The average molecular weight is 362 g/mol. The SMILES string of the molecule is CCOc1ccc(-n2nnc(-c3nc(-c4ccccc4C)no3)c2N)cc1. The van der Waals surface area contributed by atoms with Crippen LogP contribution < -0.4 is 10.5 Å². The maximum atomic E-state index is 6.22. The summed E-state index contributed by atoms with van der Waals surface area (Å²) in [5.74, 6) is 1.81. The molecule has 2 heterocycles. The van der Waals surface area contributed by atoms with Crippen LogP contribution in [-0.2, 0) is 0 Å². The molecule has 0 aliphatic heterocycles. The van der Waals surface area contributed by atoms with Crippen LogP contribution in [0.1, 0.15) is 12.5 Å². The Hall–Kier alpha value is -3.68. The molecule has 0 amide bonds. The van der Waals surface area contributed by atoms with Crippen molar-refractivity contribution in [1.29, 1.82) is 0 Å². The van der Waals surface area contributed by atoms with Gasteiger partial charge in [-0.1, -0.05) is 34.6 Å². The van der Waals surface area contributed by atoms with E-state index < -0.39 is 0 Å². The van der Waals surface area contributed by atoms with Crippen LogP contribution in [0.25, 0.3) is 28.7 Å². The monoisotopic (exact) mass is 362 g/mol. The van der Waals surface area contributed by atoms with Gasteiger partial charge in [0.05, 0.1) is 12.3 Å². The topological polar surface area (TPSA) is 105 Å². The number of anilines is 1. The Kier molecular flexibility index (Phi) is 4.29. The van der Waals surface area contributed by atoms with Crippen LogP contribution >= 0.6 is 0 Å². The zero-order valence-electron chi connectivity index (χ0n) is 15.0. The molecule has 0 unspecified atom stereocenters. The lowest BCUT2D eigenvalue weighted by molar-refractivity contribution is 0.340. The number of aryl methyl sites for hydroxylation is 1. The summed E-state index contributed by atoms with van der Waals surface area (Å²) in [7, 11) is 0. The highest BCUT2D eigenvalue weighted by atomic mass is 16.5. The minimum absolute atomic E-state index is 0.225. The van der Waals surface area contributed by atoms with E-state index in [4.69, 9.17) is 15.0 Å². The fourth-order valence-electron chi connectivity index (χ4n) is 2.74. The number of hydrogen-bond acceptors (Lipinski definition) is 7. The predicted octanol–water partition coefficient (Wildman–Crippen LogP) is 3.27. The lowest BCUT2D eigenvalue weighted by Crippen LogP contribution is -2.02. The number of hydrogen-bond donors (Lipinski definition) is 1. The first kappa shape index (κ1) is 16.8. The molecule has 0 aliphatic carbocycles. The predicted molar refractivity (Wildman–Crippen MR) is 100 cm³/mol. The van der Waals surface area contributed by atoms with Crippen LogP contribution in [0.3, 0.4) is 0 Å². The standard InChI is InChI=1S/C19H18N6O2/c1-3-26-14-10-8-13(9-11-14)25-17(20)16(22-24-25)19-21-18(23-27-19)15-7-5-4-6-12(15)2/h4-11H,3,20H2,1-2H3. The van der Waals surface area contributed by atoms with E-state index in [1.807, 2.05) is 62.4 Å². The first-order valence-corrected chi connectivity index (χ1v) is 8.52.